The number of rotatable bonds is 2. The lowest BCUT2D eigenvalue weighted by Gasteiger charge is -2.43. The molecule has 1 unspecified atom stereocenters. The van der Waals surface area contributed by atoms with E-state index in [9.17, 15) is 4.79 Å². The molecule has 0 aromatic heterocycles. The molecule has 0 radical (unpaired) electrons. The van der Waals surface area contributed by atoms with Crippen LogP contribution in [0.15, 0.2) is 0 Å². The van der Waals surface area contributed by atoms with E-state index in [-0.39, 0.29) is 11.9 Å². The molecule has 4 nitrogen and oxygen atoms in total. The van der Waals surface area contributed by atoms with E-state index < -0.39 is 0 Å². The van der Waals surface area contributed by atoms with Gasteiger partial charge < -0.3 is 10.2 Å². The monoisotopic (exact) mass is 253 g/mol. The van der Waals surface area contributed by atoms with Crippen molar-refractivity contribution < 1.29 is 4.79 Å². The van der Waals surface area contributed by atoms with Gasteiger partial charge in [-0.2, -0.15) is 0 Å². The SMILES string of the molecule is CC1CCC(N2CCNCC2C(=O)N(C)C)CC1. The summed E-state index contributed by atoms with van der Waals surface area (Å²) in [6.45, 7) is 5.19. The van der Waals surface area contributed by atoms with Gasteiger partial charge in [0.05, 0.1) is 0 Å². The first-order valence-electron chi connectivity index (χ1n) is 7.27. The first-order valence-corrected chi connectivity index (χ1v) is 7.27. The van der Waals surface area contributed by atoms with Gasteiger partial charge in [0.2, 0.25) is 5.91 Å². The second-order valence-corrected chi connectivity index (χ2v) is 6.10. The lowest BCUT2D eigenvalue weighted by Crippen LogP contribution is -2.60. The number of hydrogen-bond acceptors (Lipinski definition) is 3. The molecule has 1 saturated heterocycles. The molecule has 2 aliphatic rings. The van der Waals surface area contributed by atoms with Crippen molar-refractivity contribution in [2.75, 3.05) is 33.7 Å². The van der Waals surface area contributed by atoms with E-state index in [0.29, 0.717) is 6.04 Å². The summed E-state index contributed by atoms with van der Waals surface area (Å²) in [4.78, 5) is 16.5. The van der Waals surface area contributed by atoms with Gasteiger partial charge in [0.1, 0.15) is 6.04 Å². The summed E-state index contributed by atoms with van der Waals surface area (Å²) < 4.78 is 0. The van der Waals surface area contributed by atoms with E-state index in [1.54, 1.807) is 4.90 Å². The van der Waals surface area contributed by atoms with Crippen LogP contribution in [0.3, 0.4) is 0 Å². The van der Waals surface area contributed by atoms with E-state index >= 15 is 0 Å². The average molecular weight is 253 g/mol. The molecule has 1 saturated carbocycles. The summed E-state index contributed by atoms with van der Waals surface area (Å²) in [5.41, 5.74) is 0. The van der Waals surface area contributed by atoms with Gasteiger partial charge in [-0.25, -0.2) is 0 Å². The molecule has 0 aromatic rings. The third kappa shape index (κ3) is 3.04. The van der Waals surface area contributed by atoms with Crippen molar-refractivity contribution in [2.24, 2.45) is 5.92 Å². The first kappa shape index (κ1) is 13.8. The summed E-state index contributed by atoms with van der Waals surface area (Å²) in [5.74, 6) is 1.12. The number of nitrogens with one attached hydrogen (secondary N) is 1. The number of carbonyl (C=O) groups is 1. The molecular formula is C14H27N3O. The van der Waals surface area contributed by atoms with Gasteiger partial charge >= 0.3 is 0 Å². The standard InChI is InChI=1S/C14H27N3O/c1-11-4-6-12(7-5-11)17-9-8-15-10-13(17)14(18)16(2)3/h11-13,15H,4-10H2,1-3H3. The zero-order valence-electron chi connectivity index (χ0n) is 12.0. The lowest BCUT2D eigenvalue weighted by atomic mass is 9.85. The number of amides is 1. The zero-order valence-corrected chi connectivity index (χ0v) is 12.0. The molecule has 0 bridgehead atoms. The van der Waals surface area contributed by atoms with Gasteiger partial charge in [-0.1, -0.05) is 6.92 Å². The molecule has 4 heteroatoms. The highest BCUT2D eigenvalue weighted by molar-refractivity contribution is 5.81. The number of carbonyl (C=O) groups excluding carboxylic acids is 1. The van der Waals surface area contributed by atoms with Crippen molar-refractivity contribution in [3.05, 3.63) is 0 Å². The Bertz CT molecular complexity index is 285. The molecule has 1 aliphatic heterocycles. The van der Waals surface area contributed by atoms with Gasteiger partial charge in [0.25, 0.3) is 0 Å². The fourth-order valence-corrected chi connectivity index (χ4v) is 3.26. The highest BCUT2D eigenvalue weighted by Crippen LogP contribution is 2.28. The Morgan fingerprint density at radius 3 is 2.50 bits per heavy atom. The quantitative estimate of drug-likeness (QED) is 0.795. The normalized spacial score (nSPS) is 34.3. The average Bonchev–Trinajstić information content (AvgIpc) is 2.39. The maximum Gasteiger partial charge on any atom is 0.240 e. The van der Waals surface area contributed by atoms with Crippen LogP contribution >= 0.6 is 0 Å². The zero-order chi connectivity index (χ0) is 13.1. The fourth-order valence-electron chi connectivity index (χ4n) is 3.26. The summed E-state index contributed by atoms with van der Waals surface area (Å²) in [6.07, 6.45) is 5.16. The van der Waals surface area contributed by atoms with E-state index in [0.717, 1.165) is 25.6 Å². The lowest BCUT2D eigenvalue weighted by molar-refractivity contribution is -0.136. The smallest absolute Gasteiger partial charge is 0.240 e. The molecule has 1 aliphatic carbocycles. The molecular weight excluding hydrogens is 226 g/mol. The first-order chi connectivity index (χ1) is 8.59. The van der Waals surface area contributed by atoms with Crippen LogP contribution < -0.4 is 5.32 Å². The Balaban J connectivity index is 2.01. The number of nitrogens with zero attached hydrogens (tertiary/aromatic N) is 2. The number of hydrogen-bond donors (Lipinski definition) is 1. The van der Waals surface area contributed by atoms with Crippen LogP contribution in [0, 0.1) is 5.92 Å². The molecule has 18 heavy (non-hydrogen) atoms. The molecule has 104 valence electrons. The van der Waals surface area contributed by atoms with Gasteiger partial charge in [-0.05, 0) is 31.6 Å². The molecule has 1 atom stereocenters. The number of likely N-dealkylation sites (N-methyl/N-ethyl adjacent to an activating group) is 1. The Hall–Kier alpha value is -0.610. The molecule has 1 amide bonds. The van der Waals surface area contributed by atoms with Crippen LogP contribution in [0.1, 0.15) is 32.6 Å². The van der Waals surface area contributed by atoms with Crippen molar-refractivity contribution in [2.45, 2.75) is 44.7 Å². The second-order valence-electron chi connectivity index (χ2n) is 6.10. The Kier molecular flexibility index (Phi) is 4.62. The van der Waals surface area contributed by atoms with Crippen molar-refractivity contribution in [1.29, 1.82) is 0 Å². The highest BCUT2D eigenvalue weighted by atomic mass is 16.2. The second kappa shape index (κ2) is 6.02. The maximum absolute atomic E-state index is 12.3. The van der Waals surface area contributed by atoms with Crippen molar-refractivity contribution in [3.63, 3.8) is 0 Å². The molecule has 1 heterocycles. The van der Waals surface area contributed by atoms with E-state index in [1.807, 2.05) is 14.1 Å². The number of piperazine rings is 1. The molecule has 2 rings (SSSR count). The fraction of sp³-hybridized carbons (Fsp3) is 0.929. The van der Waals surface area contributed by atoms with Crippen LogP contribution in [-0.4, -0.2) is 61.5 Å². The summed E-state index contributed by atoms with van der Waals surface area (Å²) in [7, 11) is 3.72. The highest BCUT2D eigenvalue weighted by Gasteiger charge is 2.35. The Morgan fingerprint density at radius 1 is 1.22 bits per heavy atom. The maximum atomic E-state index is 12.3. The van der Waals surface area contributed by atoms with Crippen LogP contribution in [-0.2, 0) is 4.79 Å². The van der Waals surface area contributed by atoms with Crippen LogP contribution in [0.5, 0.6) is 0 Å². The van der Waals surface area contributed by atoms with E-state index in [2.05, 4.69) is 17.1 Å². The van der Waals surface area contributed by atoms with Crippen LogP contribution in [0.4, 0.5) is 0 Å². The Labute approximate surface area is 111 Å². The topological polar surface area (TPSA) is 35.6 Å². The predicted molar refractivity (Wildman–Crippen MR) is 73.5 cm³/mol. The van der Waals surface area contributed by atoms with E-state index in [4.69, 9.17) is 0 Å². The minimum absolute atomic E-state index is 0.0483. The van der Waals surface area contributed by atoms with Gasteiger partial charge in [-0.15, -0.1) is 0 Å². The van der Waals surface area contributed by atoms with Crippen molar-refractivity contribution >= 4 is 5.91 Å². The van der Waals surface area contributed by atoms with Gasteiger partial charge in [0.15, 0.2) is 0 Å². The van der Waals surface area contributed by atoms with Crippen molar-refractivity contribution in [3.8, 4) is 0 Å². The Morgan fingerprint density at radius 2 is 1.89 bits per heavy atom. The summed E-state index contributed by atoms with van der Waals surface area (Å²) in [6, 6.07) is 0.671. The summed E-state index contributed by atoms with van der Waals surface area (Å²) >= 11 is 0. The van der Waals surface area contributed by atoms with Gasteiger partial charge in [0, 0.05) is 39.8 Å². The van der Waals surface area contributed by atoms with E-state index in [1.165, 1.54) is 25.7 Å². The third-order valence-corrected chi connectivity index (χ3v) is 4.47. The van der Waals surface area contributed by atoms with Crippen LogP contribution in [0.25, 0.3) is 0 Å². The van der Waals surface area contributed by atoms with Crippen molar-refractivity contribution in [1.82, 2.24) is 15.1 Å². The third-order valence-electron chi connectivity index (χ3n) is 4.47. The molecule has 2 fully saturated rings. The largest absolute Gasteiger partial charge is 0.347 e. The molecule has 0 aromatic carbocycles. The predicted octanol–water partition coefficient (Wildman–Crippen LogP) is 0.927. The molecule has 0 spiro atoms. The summed E-state index contributed by atoms with van der Waals surface area (Å²) in [5, 5.41) is 3.36. The minimum atomic E-state index is 0.0483. The van der Waals surface area contributed by atoms with Gasteiger partial charge in [-0.3, -0.25) is 9.69 Å². The van der Waals surface area contributed by atoms with Crippen LogP contribution in [0.2, 0.25) is 0 Å². The minimum Gasteiger partial charge on any atom is -0.347 e. The molecule has 1 N–H and O–H groups in total.